The summed E-state index contributed by atoms with van der Waals surface area (Å²) in [6, 6.07) is 17.1. The Morgan fingerprint density at radius 3 is 2.42 bits per heavy atom. The van der Waals surface area contributed by atoms with Gasteiger partial charge in [-0.1, -0.05) is 30.3 Å². The number of hydrogen-bond acceptors (Lipinski definition) is 6. The summed E-state index contributed by atoms with van der Waals surface area (Å²) >= 11 is 0. The van der Waals surface area contributed by atoms with Crippen molar-refractivity contribution in [1.82, 2.24) is 19.8 Å². The average molecular weight is 505 g/mol. The smallest absolute Gasteiger partial charge is 0.253 e. The third kappa shape index (κ3) is 5.12. The van der Waals surface area contributed by atoms with E-state index in [0.29, 0.717) is 54.9 Å². The van der Waals surface area contributed by atoms with Gasteiger partial charge in [0.05, 0.1) is 22.4 Å². The molecule has 0 unspecified atom stereocenters. The Morgan fingerprint density at radius 2 is 1.67 bits per heavy atom. The van der Waals surface area contributed by atoms with Gasteiger partial charge in [-0.25, -0.2) is 12.8 Å². The first kappa shape index (κ1) is 24.0. The summed E-state index contributed by atoms with van der Waals surface area (Å²) in [6.45, 7) is 2.84. The molecule has 0 N–H and O–H groups in total. The van der Waals surface area contributed by atoms with Gasteiger partial charge in [0.25, 0.3) is 5.91 Å². The van der Waals surface area contributed by atoms with Gasteiger partial charge >= 0.3 is 0 Å². The SMILES string of the molecule is O=C(c1ccc(CS(=O)(=O)c2cccc3cccnc23)cc1)N1CCN(Cc2ccncc2F)CC1. The number of benzene rings is 2. The lowest BCUT2D eigenvalue weighted by Crippen LogP contribution is -2.48. The second-order valence-electron chi connectivity index (χ2n) is 8.82. The Labute approximate surface area is 209 Å². The molecule has 0 bridgehead atoms. The Balaban J connectivity index is 1.22. The zero-order valence-electron chi connectivity index (χ0n) is 19.5. The minimum Gasteiger partial charge on any atom is -0.336 e. The van der Waals surface area contributed by atoms with Crippen LogP contribution in [-0.4, -0.2) is 60.3 Å². The zero-order valence-corrected chi connectivity index (χ0v) is 20.4. The molecule has 0 spiro atoms. The molecule has 184 valence electrons. The molecule has 1 fully saturated rings. The second-order valence-corrected chi connectivity index (χ2v) is 10.8. The minimum absolute atomic E-state index is 0.0996. The fourth-order valence-electron chi connectivity index (χ4n) is 4.43. The van der Waals surface area contributed by atoms with E-state index >= 15 is 0 Å². The molecule has 1 amide bonds. The number of piperazine rings is 1. The van der Waals surface area contributed by atoms with Gasteiger partial charge in [-0.05, 0) is 35.9 Å². The maximum Gasteiger partial charge on any atom is 0.253 e. The lowest BCUT2D eigenvalue weighted by Gasteiger charge is -2.34. The quantitative estimate of drug-likeness (QED) is 0.398. The van der Waals surface area contributed by atoms with Crippen LogP contribution in [0.5, 0.6) is 0 Å². The average Bonchev–Trinajstić information content (AvgIpc) is 2.90. The summed E-state index contributed by atoms with van der Waals surface area (Å²) < 4.78 is 40.1. The zero-order chi connectivity index (χ0) is 25.1. The lowest BCUT2D eigenvalue weighted by molar-refractivity contribution is 0.0627. The summed E-state index contributed by atoms with van der Waals surface area (Å²) in [7, 11) is -3.62. The monoisotopic (exact) mass is 504 g/mol. The van der Waals surface area contributed by atoms with Crippen molar-refractivity contribution >= 4 is 26.6 Å². The lowest BCUT2D eigenvalue weighted by atomic mass is 10.1. The van der Waals surface area contributed by atoms with E-state index in [4.69, 9.17) is 0 Å². The predicted molar refractivity (Wildman–Crippen MR) is 134 cm³/mol. The van der Waals surface area contributed by atoms with Crippen molar-refractivity contribution in [2.24, 2.45) is 0 Å². The van der Waals surface area contributed by atoms with E-state index in [2.05, 4.69) is 14.9 Å². The first-order valence-corrected chi connectivity index (χ1v) is 13.3. The topological polar surface area (TPSA) is 83.5 Å². The molecule has 36 heavy (non-hydrogen) atoms. The highest BCUT2D eigenvalue weighted by Crippen LogP contribution is 2.24. The molecule has 5 rings (SSSR count). The Hall–Kier alpha value is -3.69. The number of halogens is 1. The van der Waals surface area contributed by atoms with Crippen LogP contribution in [0.2, 0.25) is 0 Å². The van der Waals surface area contributed by atoms with Crippen LogP contribution in [0.15, 0.2) is 84.1 Å². The third-order valence-electron chi connectivity index (χ3n) is 6.40. The molecule has 1 aliphatic heterocycles. The first-order chi connectivity index (χ1) is 17.4. The molecule has 0 radical (unpaired) electrons. The van der Waals surface area contributed by atoms with Crippen molar-refractivity contribution in [2.75, 3.05) is 26.2 Å². The van der Waals surface area contributed by atoms with Gasteiger partial charge in [-0.15, -0.1) is 0 Å². The summed E-state index contributed by atoms with van der Waals surface area (Å²) in [5, 5.41) is 0.769. The molecule has 2 aromatic heterocycles. The van der Waals surface area contributed by atoms with Gasteiger partial charge in [-0.3, -0.25) is 19.7 Å². The van der Waals surface area contributed by atoms with Crippen LogP contribution in [0.4, 0.5) is 4.39 Å². The van der Waals surface area contributed by atoms with Gasteiger partial charge in [0.2, 0.25) is 0 Å². The molecule has 3 heterocycles. The molecule has 0 aliphatic carbocycles. The highest BCUT2D eigenvalue weighted by atomic mass is 32.2. The fourth-order valence-corrected chi connectivity index (χ4v) is 5.97. The summed E-state index contributed by atoms with van der Waals surface area (Å²) in [4.78, 5) is 25.1. The number of sulfone groups is 1. The molecule has 0 atom stereocenters. The molecule has 9 heteroatoms. The number of hydrogen-bond donors (Lipinski definition) is 0. The Morgan fingerprint density at radius 1 is 0.917 bits per heavy atom. The van der Waals surface area contributed by atoms with E-state index in [-0.39, 0.29) is 22.4 Å². The highest BCUT2D eigenvalue weighted by Gasteiger charge is 2.23. The van der Waals surface area contributed by atoms with Crippen LogP contribution >= 0.6 is 0 Å². The highest BCUT2D eigenvalue weighted by molar-refractivity contribution is 7.90. The third-order valence-corrected chi connectivity index (χ3v) is 8.11. The van der Waals surface area contributed by atoms with Crippen LogP contribution < -0.4 is 0 Å². The number of amides is 1. The number of fused-ring (bicyclic) bond motifs is 1. The van der Waals surface area contributed by atoms with Gasteiger partial charge in [0.1, 0.15) is 5.82 Å². The number of rotatable bonds is 6. The first-order valence-electron chi connectivity index (χ1n) is 11.7. The maximum atomic E-state index is 13.9. The van der Waals surface area contributed by atoms with Crippen molar-refractivity contribution in [2.45, 2.75) is 17.2 Å². The molecule has 7 nitrogen and oxygen atoms in total. The van der Waals surface area contributed by atoms with Gasteiger partial charge in [0, 0.05) is 61.6 Å². The van der Waals surface area contributed by atoms with E-state index in [1.165, 1.54) is 6.20 Å². The van der Waals surface area contributed by atoms with E-state index in [1.54, 1.807) is 65.8 Å². The normalized spacial score (nSPS) is 14.8. The molecule has 1 aliphatic rings. The van der Waals surface area contributed by atoms with Crippen LogP contribution in [0.25, 0.3) is 10.9 Å². The summed E-state index contributed by atoms with van der Waals surface area (Å²) in [5.74, 6) is -0.603. The summed E-state index contributed by atoms with van der Waals surface area (Å²) in [5.41, 5.74) is 2.16. The number of carbonyl (C=O) groups excluding carboxylic acids is 1. The van der Waals surface area contributed by atoms with Crippen LogP contribution in [0, 0.1) is 5.82 Å². The number of aromatic nitrogens is 2. The van der Waals surface area contributed by atoms with Crippen molar-refractivity contribution in [1.29, 1.82) is 0 Å². The minimum atomic E-state index is -3.62. The van der Waals surface area contributed by atoms with E-state index in [9.17, 15) is 17.6 Å². The summed E-state index contributed by atoms with van der Waals surface area (Å²) in [6.07, 6.45) is 4.37. The van der Waals surface area contributed by atoms with Gasteiger partial charge in [-0.2, -0.15) is 0 Å². The number of pyridine rings is 2. The van der Waals surface area contributed by atoms with Gasteiger partial charge < -0.3 is 4.90 Å². The number of nitrogens with zero attached hydrogens (tertiary/aromatic N) is 4. The standard InChI is InChI=1S/C27H25FN4O3S/c28-24-17-29-12-10-23(24)18-31-13-15-32(16-14-31)27(33)22-8-6-20(7-9-22)19-36(34,35)25-5-1-3-21-4-2-11-30-26(21)25/h1-12,17H,13-16,18-19H2. The number of carbonyl (C=O) groups is 1. The predicted octanol–water partition coefficient (Wildman–Crippen LogP) is 3.70. The maximum absolute atomic E-state index is 13.9. The molecular weight excluding hydrogens is 479 g/mol. The molecule has 1 saturated heterocycles. The van der Waals surface area contributed by atoms with E-state index < -0.39 is 9.84 Å². The van der Waals surface area contributed by atoms with Crippen LogP contribution in [0.3, 0.4) is 0 Å². The van der Waals surface area contributed by atoms with E-state index in [1.807, 2.05) is 12.1 Å². The van der Waals surface area contributed by atoms with Crippen molar-refractivity contribution in [3.05, 3.63) is 102 Å². The van der Waals surface area contributed by atoms with Gasteiger partial charge in [0.15, 0.2) is 9.84 Å². The molecule has 4 aromatic rings. The molecule has 0 saturated carbocycles. The second kappa shape index (κ2) is 10.1. The largest absolute Gasteiger partial charge is 0.336 e. The number of para-hydroxylation sites is 1. The Bertz CT molecular complexity index is 1500. The van der Waals surface area contributed by atoms with Crippen molar-refractivity contribution in [3.63, 3.8) is 0 Å². The van der Waals surface area contributed by atoms with Crippen molar-refractivity contribution < 1.29 is 17.6 Å². The fraction of sp³-hybridized carbons (Fsp3) is 0.222. The molecule has 2 aromatic carbocycles. The Kier molecular flexibility index (Phi) is 6.75. The van der Waals surface area contributed by atoms with Crippen LogP contribution in [0.1, 0.15) is 21.5 Å². The molecular formula is C27H25FN4O3S. The van der Waals surface area contributed by atoms with Crippen LogP contribution in [-0.2, 0) is 22.1 Å². The van der Waals surface area contributed by atoms with E-state index in [0.717, 1.165) is 5.39 Å². The van der Waals surface area contributed by atoms with Crippen molar-refractivity contribution in [3.8, 4) is 0 Å².